The molecule has 1 heterocycles. The zero-order valence-electron chi connectivity index (χ0n) is 14.9. The summed E-state index contributed by atoms with van der Waals surface area (Å²) < 4.78 is 10.9. The van der Waals surface area contributed by atoms with E-state index in [-0.39, 0.29) is 18.6 Å². The third-order valence-corrected chi connectivity index (χ3v) is 3.67. The van der Waals surface area contributed by atoms with E-state index in [4.69, 9.17) is 9.47 Å². The lowest BCUT2D eigenvalue weighted by Crippen LogP contribution is -2.52. The second kappa shape index (κ2) is 7.55. The summed E-state index contributed by atoms with van der Waals surface area (Å²) in [5.74, 6) is 0.612. The van der Waals surface area contributed by atoms with Gasteiger partial charge in [0.1, 0.15) is 11.4 Å². The molecule has 0 radical (unpaired) electrons. The summed E-state index contributed by atoms with van der Waals surface area (Å²) in [4.78, 5) is 27.6. The second-order valence-electron chi connectivity index (χ2n) is 6.95. The fourth-order valence-electron chi connectivity index (χ4n) is 2.34. The minimum atomic E-state index is -0.508. The Kier molecular flexibility index (Phi) is 5.70. The summed E-state index contributed by atoms with van der Waals surface area (Å²) in [5.41, 5.74) is 0.637. The van der Waals surface area contributed by atoms with Gasteiger partial charge in [-0.15, -0.1) is 0 Å². The molecule has 1 aliphatic rings. The fourth-order valence-corrected chi connectivity index (χ4v) is 2.34. The maximum atomic E-state index is 12.2. The van der Waals surface area contributed by atoms with Crippen molar-refractivity contribution in [3.8, 4) is 5.75 Å². The number of hydrogen-bond acceptors (Lipinski definition) is 4. The molecule has 2 amide bonds. The predicted molar refractivity (Wildman–Crippen MR) is 91.1 cm³/mol. The molecule has 0 N–H and O–H groups in total. The van der Waals surface area contributed by atoms with Crippen LogP contribution in [0.2, 0.25) is 0 Å². The minimum absolute atomic E-state index is 0.00942. The Morgan fingerprint density at radius 3 is 2.08 bits per heavy atom. The van der Waals surface area contributed by atoms with Crippen molar-refractivity contribution in [2.24, 2.45) is 0 Å². The number of piperazine rings is 1. The molecule has 0 aromatic heterocycles. The Morgan fingerprint density at radius 1 is 1.00 bits per heavy atom. The number of nitrogens with zero attached hydrogens (tertiary/aromatic N) is 2. The predicted octanol–water partition coefficient (Wildman–Crippen LogP) is 2.45. The van der Waals surface area contributed by atoms with Gasteiger partial charge in [-0.25, -0.2) is 4.79 Å². The molecule has 1 saturated heterocycles. The summed E-state index contributed by atoms with van der Waals surface area (Å²) in [6.07, 6.45) is -0.328. The zero-order chi connectivity index (χ0) is 17.7. The van der Waals surface area contributed by atoms with Gasteiger partial charge in [-0.2, -0.15) is 0 Å². The number of aryl methyl sites for hydroxylation is 1. The van der Waals surface area contributed by atoms with E-state index in [0.29, 0.717) is 31.9 Å². The Balaban J connectivity index is 1.76. The van der Waals surface area contributed by atoms with Crippen LogP contribution >= 0.6 is 0 Å². The molecule has 2 rings (SSSR count). The van der Waals surface area contributed by atoms with E-state index in [1.807, 2.05) is 52.0 Å². The molecule has 6 nitrogen and oxygen atoms in total. The normalized spacial score (nSPS) is 15.2. The molecule has 132 valence electrons. The molecule has 1 aromatic carbocycles. The lowest BCUT2D eigenvalue weighted by atomic mass is 10.2. The van der Waals surface area contributed by atoms with Gasteiger partial charge in [-0.05, 0) is 39.8 Å². The van der Waals surface area contributed by atoms with Gasteiger partial charge in [0.15, 0.2) is 6.61 Å². The molecule has 24 heavy (non-hydrogen) atoms. The van der Waals surface area contributed by atoms with Gasteiger partial charge in [-0.1, -0.05) is 17.7 Å². The maximum absolute atomic E-state index is 12.2. The molecule has 1 aromatic rings. The Hall–Kier alpha value is -2.24. The van der Waals surface area contributed by atoms with E-state index in [2.05, 4.69) is 0 Å². The number of hydrogen-bond donors (Lipinski definition) is 0. The topological polar surface area (TPSA) is 59.1 Å². The summed E-state index contributed by atoms with van der Waals surface area (Å²) in [6, 6.07) is 7.59. The largest absolute Gasteiger partial charge is 0.484 e. The van der Waals surface area contributed by atoms with Gasteiger partial charge in [-0.3, -0.25) is 4.79 Å². The molecule has 0 atom stereocenters. The van der Waals surface area contributed by atoms with E-state index in [1.165, 1.54) is 0 Å². The van der Waals surface area contributed by atoms with E-state index < -0.39 is 5.60 Å². The quantitative estimate of drug-likeness (QED) is 0.852. The van der Waals surface area contributed by atoms with E-state index in [0.717, 1.165) is 5.56 Å². The van der Waals surface area contributed by atoms with Crippen molar-refractivity contribution in [2.45, 2.75) is 33.3 Å². The number of ether oxygens (including phenoxy) is 2. The number of carbonyl (C=O) groups is 2. The third-order valence-electron chi connectivity index (χ3n) is 3.67. The lowest BCUT2D eigenvalue weighted by molar-refractivity contribution is -0.135. The van der Waals surface area contributed by atoms with Crippen LogP contribution in [-0.2, 0) is 9.53 Å². The van der Waals surface area contributed by atoms with E-state index in [1.54, 1.807) is 9.80 Å². The zero-order valence-corrected chi connectivity index (χ0v) is 14.9. The first-order chi connectivity index (χ1) is 11.2. The van der Waals surface area contributed by atoms with Crippen LogP contribution in [0.1, 0.15) is 26.3 Å². The average molecular weight is 334 g/mol. The molecule has 0 unspecified atom stereocenters. The Bertz CT molecular complexity index is 570. The average Bonchev–Trinajstić information content (AvgIpc) is 2.52. The number of rotatable bonds is 3. The van der Waals surface area contributed by atoms with Gasteiger partial charge >= 0.3 is 6.09 Å². The van der Waals surface area contributed by atoms with Gasteiger partial charge in [0.2, 0.25) is 0 Å². The van der Waals surface area contributed by atoms with Gasteiger partial charge in [0, 0.05) is 26.2 Å². The SMILES string of the molecule is Cc1ccc(OCC(=O)N2CCN(C(=O)OC(C)(C)C)CC2)cc1. The maximum Gasteiger partial charge on any atom is 0.410 e. The van der Waals surface area contributed by atoms with Crippen molar-refractivity contribution in [3.63, 3.8) is 0 Å². The summed E-state index contributed by atoms with van der Waals surface area (Å²) in [5, 5.41) is 0. The monoisotopic (exact) mass is 334 g/mol. The van der Waals surface area contributed by atoms with Gasteiger partial charge in [0.05, 0.1) is 0 Å². The molecular formula is C18H26N2O4. The van der Waals surface area contributed by atoms with Crippen LogP contribution in [0.3, 0.4) is 0 Å². The summed E-state index contributed by atoms with van der Waals surface area (Å²) >= 11 is 0. The molecule has 1 fully saturated rings. The molecule has 0 saturated carbocycles. The Morgan fingerprint density at radius 2 is 1.54 bits per heavy atom. The van der Waals surface area contributed by atoms with Crippen LogP contribution in [0, 0.1) is 6.92 Å². The number of amides is 2. The third kappa shape index (κ3) is 5.44. The van der Waals surface area contributed by atoms with Crippen LogP contribution in [0.25, 0.3) is 0 Å². The highest BCUT2D eigenvalue weighted by Crippen LogP contribution is 2.13. The van der Waals surface area contributed by atoms with Crippen LogP contribution in [0.15, 0.2) is 24.3 Å². The number of benzene rings is 1. The Labute approximate surface area is 143 Å². The fraction of sp³-hybridized carbons (Fsp3) is 0.556. The molecule has 1 aliphatic heterocycles. The second-order valence-corrected chi connectivity index (χ2v) is 6.95. The molecule has 0 bridgehead atoms. The molecule has 0 aliphatic carbocycles. The van der Waals surface area contributed by atoms with Gasteiger partial charge < -0.3 is 19.3 Å². The highest BCUT2D eigenvalue weighted by Gasteiger charge is 2.27. The standard InChI is InChI=1S/C18H26N2O4/c1-14-5-7-15(8-6-14)23-13-16(21)19-9-11-20(12-10-19)17(22)24-18(2,3)4/h5-8H,9-13H2,1-4H3. The molecular weight excluding hydrogens is 308 g/mol. The highest BCUT2D eigenvalue weighted by molar-refractivity contribution is 5.78. The lowest BCUT2D eigenvalue weighted by Gasteiger charge is -2.35. The van der Waals surface area contributed by atoms with Crippen LogP contribution in [-0.4, -0.2) is 60.2 Å². The van der Waals surface area contributed by atoms with E-state index >= 15 is 0 Å². The van der Waals surface area contributed by atoms with Gasteiger partial charge in [0.25, 0.3) is 5.91 Å². The van der Waals surface area contributed by atoms with Crippen molar-refractivity contribution < 1.29 is 19.1 Å². The molecule has 6 heteroatoms. The highest BCUT2D eigenvalue weighted by atomic mass is 16.6. The minimum Gasteiger partial charge on any atom is -0.484 e. The van der Waals surface area contributed by atoms with Crippen LogP contribution in [0.4, 0.5) is 4.79 Å². The first-order valence-corrected chi connectivity index (χ1v) is 8.20. The van der Waals surface area contributed by atoms with Crippen molar-refractivity contribution >= 4 is 12.0 Å². The van der Waals surface area contributed by atoms with Crippen LogP contribution < -0.4 is 4.74 Å². The summed E-state index contributed by atoms with van der Waals surface area (Å²) in [7, 11) is 0. The van der Waals surface area contributed by atoms with Crippen molar-refractivity contribution in [2.75, 3.05) is 32.8 Å². The first kappa shape index (κ1) is 18.1. The smallest absolute Gasteiger partial charge is 0.410 e. The van der Waals surface area contributed by atoms with Crippen molar-refractivity contribution in [1.29, 1.82) is 0 Å². The number of carbonyl (C=O) groups excluding carboxylic acids is 2. The van der Waals surface area contributed by atoms with Crippen LogP contribution in [0.5, 0.6) is 5.75 Å². The first-order valence-electron chi connectivity index (χ1n) is 8.20. The van der Waals surface area contributed by atoms with Crippen molar-refractivity contribution in [3.05, 3.63) is 29.8 Å². The molecule has 0 spiro atoms. The summed E-state index contributed by atoms with van der Waals surface area (Å²) in [6.45, 7) is 9.48. The van der Waals surface area contributed by atoms with Crippen molar-refractivity contribution in [1.82, 2.24) is 9.80 Å². The van der Waals surface area contributed by atoms with E-state index in [9.17, 15) is 9.59 Å².